The maximum absolute atomic E-state index is 13.0. The summed E-state index contributed by atoms with van der Waals surface area (Å²) in [6, 6.07) is 13.8. The minimum absolute atomic E-state index is 0.322. The average molecular weight is 311 g/mol. The largest absolute Gasteiger partial charge is 0.490 e. The van der Waals surface area contributed by atoms with Crippen molar-refractivity contribution >= 4 is 15.9 Å². The summed E-state index contributed by atoms with van der Waals surface area (Å²) in [6.07, 6.45) is 0. The first-order valence-corrected chi connectivity index (χ1v) is 6.31. The summed E-state index contributed by atoms with van der Waals surface area (Å²) in [5.74, 6) is 0.947. The molecule has 0 aliphatic carbocycles. The maximum atomic E-state index is 13.0. The number of ether oxygens (including phenoxy) is 2. The highest BCUT2D eigenvalue weighted by Crippen LogP contribution is 2.25. The van der Waals surface area contributed by atoms with Crippen molar-refractivity contribution in [1.82, 2.24) is 0 Å². The van der Waals surface area contributed by atoms with Gasteiger partial charge in [0, 0.05) is 6.07 Å². The van der Waals surface area contributed by atoms with Crippen LogP contribution in [0.1, 0.15) is 0 Å². The van der Waals surface area contributed by atoms with Gasteiger partial charge in [-0.05, 0) is 40.2 Å². The fourth-order valence-electron chi connectivity index (χ4n) is 1.42. The van der Waals surface area contributed by atoms with E-state index < -0.39 is 0 Å². The molecule has 0 radical (unpaired) electrons. The van der Waals surface area contributed by atoms with Crippen molar-refractivity contribution in [3.63, 3.8) is 0 Å². The van der Waals surface area contributed by atoms with E-state index in [2.05, 4.69) is 15.9 Å². The molecule has 0 aliphatic rings. The summed E-state index contributed by atoms with van der Waals surface area (Å²) in [5, 5.41) is 0. The quantitative estimate of drug-likeness (QED) is 0.776. The van der Waals surface area contributed by atoms with E-state index in [0.717, 1.165) is 10.2 Å². The van der Waals surface area contributed by atoms with E-state index in [-0.39, 0.29) is 5.82 Å². The van der Waals surface area contributed by atoms with Crippen LogP contribution in [-0.2, 0) is 0 Å². The second-order valence-electron chi connectivity index (χ2n) is 3.58. The lowest BCUT2D eigenvalue weighted by Crippen LogP contribution is -2.09. The van der Waals surface area contributed by atoms with E-state index in [1.807, 2.05) is 30.3 Å². The molecule has 2 aromatic rings. The fourth-order valence-corrected chi connectivity index (χ4v) is 1.78. The predicted octanol–water partition coefficient (Wildman–Crippen LogP) is 4.05. The van der Waals surface area contributed by atoms with Crippen LogP contribution in [0.5, 0.6) is 11.5 Å². The molecule has 0 fully saturated rings. The third-order valence-electron chi connectivity index (χ3n) is 2.25. The molecule has 0 amide bonds. The van der Waals surface area contributed by atoms with Gasteiger partial charge in [0.05, 0.1) is 4.47 Å². The van der Waals surface area contributed by atoms with Crippen LogP contribution >= 0.6 is 15.9 Å². The van der Waals surface area contributed by atoms with Crippen LogP contribution in [-0.4, -0.2) is 13.2 Å². The topological polar surface area (TPSA) is 18.5 Å². The highest BCUT2D eigenvalue weighted by molar-refractivity contribution is 9.10. The van der Waals surface area contributed by atoms with Crippen molar-refractivity contribution in [3.05, 3.63) is 58.8 Å². The van der Waals surface area contributed by atoms with Crippen LogP contribution < -0.4 is 9.47 Å². The van der Waals surface area contributed by atoms with E-state index in [1.54, 1.807) is 6.07 Å². The van der Waals surface area contributed by atoms with Gasteiger partial charge in [-0.2, -0.15) is 0 Å². The van der Waals surface area contributed by atoms with Crippen LogP contribution in [0.4, 0.5) is 4.39 Å². The second-order valence-corrected chi connectivity index (χ2v) is 4.44. The summed E-state index contributed by atoms with van der Waals surface area (Å²) in [6.45, 7) is 0.768. The molecule has 2 rings (SSSR count). The molecule has 0 unspecified atom stereocenters. The lowest BCUT2D eigenvalue weighted by molar-refractivity contribution is 0.216. The number of rotatable bonds is 5. The Morgan fingerprint density at radius 1 is 0.944 bits per heavy atom. The van der Waals surface area contributed by atoms with Crippen molar-refractivity contribution in [2.45, 2.75) is 0 Å². The molecule has 18 heavy (non-hydrogen) atoms. The number of hydrogen-bond acceptors (Lipinski definition) is 2. The average Bonchev–Trinajstić information content (AvgIpc) is 2.40. The number of halogens is 2. The van der Waals surface area contributed by atoms with Crippen molar-refractivity contribution < 1.29 is 13.9 Å². The standard InChI is InChI=1S/C14H12BrFO2/c15-13-7-6-11(16)10-14(13)18-9-8-17-12-4-2-1-3-5-12/h1-7,10H,8-9H2. The monoisotopic (exact) mass is 310 g/mol. The first-order valence-electron chi connectivity index (χ1n) is 5.51. The van der Waals surface area contributed by atoms with E-state index >= 15 is 0 Å². The number of para-hydroxylation sites is 1. The Balaban J connectivity index is 1.80. The summed E-state index contributed by atoms with van der Waals surface area (Å²) in [4.78, 5) is 0. The summed E-state index contributed by atoms with van der Waals surface area (Å²) in [5.41, 5.74) is 0. The van der Waals surface area contributed by atoms with Crippen molar-refractivity contribution in [2.24, 2.45) is 0 Å². The number of hydrogen-bond donors (Lipinski definition) is 0. The van der Waals surface area contributed by atoms with Crippen molar-refractivity contribution in [2.75, 3.05) is 13.2 Å². The molecule has 94 valence electrons. The molecular formula is C14H12BrFO2. The lowest BCUT2D eigenvalue weighted by atomic mass is 10.3. The molecule has 0 spiro atoms. The zero-order chi connectivity index (χ0) is 12.8. The Labute approximate surface area is 113 Å². The first-order chi connectivity index (χ1) is 8.75. The minimum Gasteiger partial charge on any atom is -0.490 e. The molecule has 0 N–H and O–H groups in total. The van der Waals surface area contributed by atoms with Gasteiger partial charge in [0.15, 0.2) is 0 Å². The summed E-state index contributed by atoms with van der Waals surface area (Å²) >= 11 is 3.29. The molecule has 0 saturated carbocycles. The molecule has 2 nitrogen and oxygen atoms in total. The van der Waals surface area contributed by atoms with E-state index in [9.17, 15) is 4.39 Å². The van der Waals surface area contributed by atoms with Crippen LogP contribution in [0.2, 0.25) is 0 Å². The van der Waals surface area contributed by atoms with E-state index in [1.165, 1.54) is 12.1 Å². The van der Waals surface area contributed by atoms with Gasteiger partial charge in [-0.25, -0.2) is 4.39 Å². The van der Waals surface area contributed by atoms with Crippen LogP contribution in [0.15, 0.2) is 53.0 Å². The number of benzene rings is 2. The molecular weight excluding hydrogens is 299 g/mol. The Bertz CT molecular complexity index is 502. The summed E-state index contributed by atoms with van der Waals surface area (Å²) in [7, 11) is 0. The van der Waals surface area contributed by atoms with Crippen LogP contribution in [0.25, 0.3) is 0 Å². The molecule has 0 aromatic heterocycles. The fraction of sp³-hybridized carbons (Fsp3) is 0.143. The van der Waals surface area contributed by atoms with Gasteiger partial charge in [0.25, 0.3) is 0 Å². The molecule has 2 aromatic carbocycles. The van der Waals surface area contributed by atoms with Gasteiger partial charge < -0.3 is 9.47 Å². The van der Waals surface area contributed by atoms with Crippen LogP contribution in [0.3, 0.4) is 0 Å². The highest BCUT2D eigenvalue weighted by Gasteiger charge is 2.02. The second kappa shape index (κ2) is 6.40. The lowest BCUT2D eigenvalue weighted by Gasteiger charge is -2.09. The van der Waals surface area contributed by atoms with Crippen LogP contribution in [0, 0.1) is 5.82 Å². The van der Waals surface area contributed by atoms with Gasteiger partial charge in [-0.3, -0.25) is 0 Å². The van der Waals surface area contributed by atoms with Gasteiger partial charge in [-0.15, -0.1) is 0 Å². The van der Waals surface area contributed by atoms with Gasteiger partial charge in [0.2, 0.25) is 0 Å². The Hall–Kier alpha value is -1.55. The summed E-state index contributed by atoms with van der Waals surface area (Å²) < 4.78 is 24.6. The Morgan fingerprint density at radius 3 is 2.44 bits per heavy atom. The van der Waals surface area contributed by atoms with Crippen molar-refractivity contribution in [1.29, 1.82) is 0 Å². The Morgan fingerprint density at radius 2 is 1.67 bits per heavy atom. The van der Waals surface area contributed by atoms with Gasteiger partial charge >= 0.3 is 0 Å². The highest BCUT2D eigenvalue weighted by atomic mass is 79.9. The smallest absolute Gasteiger partial charge is 0.136 e. The Kier molecular flexibility index (Phi) is 4.59. The third-order valence-corrected chi connectivity index (χ3v) is 2.90. The molecule has 0 aliphatic heterocycles. The molecule has 4 heteroatoms. The SMILES string of the molecule is Fc1ccc(Br)c(OCCOc2ccccc2)c1. The molecule has 0 saturated heterocycles. The zero-order valence-corrected chi connectivity index (χ0v) is 11.2. The normalized spacial score (nSPS) is 10.1. The van der Waals surface area contributed by atoms with Gasteiger partial charge in [0.1, 0.15) is 30.5 Å². The molecule has 0 atom stereocenters. The maximum Gasteiger partial charge on any atom is 0.136 e. The first kappa shape index (κ1) is 12.9. The third kappa shape index (κ3) is 3.74. The predicted molar refractivity (Wildman–Crippen MR) is 71.5 cm³/mol. The van der Waals surface area contributed by atoms with Crippen molar-refractivity contribution in [3.8, 4) is 11.5 Å². The van der Waals surface area contributed by atoms with Gasteiger partial charge in [-0.1, -0.05) is 18.2 Å². The van der Waals surface area contributed by atoms with E-state index in [4.69, 9.17) is 9.47 Å². The molecule has 0 heterocycles. The minimum atomic E-state index is -0.322. The zero-order valence-electron chi connectivity index (χ0n) is 9.61. The molecule has 0 bridgehead atoms. The van der Waals surface area contributed by atoms with E-state index in [0.29, 0.717) is 19.0 Å².